The van der Waals surface area contributed by atoms with Crippen LogP contribution < -0.4 is 10.5 Å². The number of ether oxygens (including phenoxy) is 1. The molecule has 100 valence electrons. The van der Waals surface area contributed by atoms with Gasteiger partial charge in [0.25, 0.3) is 0 Å². The molecule has 0 fully saturated rings. The highest BCUT2D eigenvalue weighted by Gasteiger charge is 2.19. The number of hydrogen-bond acceptors (Lipinski definition) is 2. The summed E-state index contributed by atoms with van der Waals surface area (Å²) in [6.45, 7) is 0. The second-order valence-electron chi connectivity index (χ2n) is 3.98. The topological polar surface area (TPSA) is 35.2 Å². The van der Waals surface area contributed by atoms with E-state index in [1.54, 1.807) is 31.4 Å². The van der Waals surface area contributed by atoms with Crippen LogP contribution in [0.2, 0.25) is 5.02 Å². The van der Waals surface area contributed by atoms with Crippen LogP contribution in [0.5, 0.6) is 5.75 Å². The number of methoxy groups -OCH3 is 1. The molecule has 0 saturated carbocycles. The van der Waals surface area contributed by atoms with Gasteiger partial charge in [0.1, 0.15) is 11.6 Å². The average Bonchev–Trinajstić information content (AvgIpc) is 2.44. The Morgan fingerprint density at radius 3 is 2.58 bits per heavy atom. The van der Waals surface area contributed by atoms with Gasteiger partial charge in [0.05, 0.1) is 18.2 Å². The Morgan fingerprint density at radius 2 is 1.89 bits per heavy atom. The van der Waals surface area contributed by atoms with Crippen molar-refractivity contribution in [1.82, 2.24) is 0 Å². The van der Waals surface area contributed by atoms with Crippen LogP contribution >= 0.6 is 27.5 Å². The summed E-state index contributed by atoms with van der Waals surface area (Å²) in [6.07, 6.45) is 0. The molecule has 0 aliphatic heterocycles. The van der Waals surface area contributed by atoms with Crippen LogP contribution in [0.25, 0.3) is 0 Å². The van der Waals surface area contributed by atoms with Gasteiger partial charge >= 0.3 is 0 Å². The SMILES string of the molecule is COc1ccccc1C(N)c1ccc(Br)c(Cl)c1F. The Labute approximate surface area is 124 Å². The van der Waals surface area contributed by atoms with E-state index in [0.29, 0.717) is 21.3 Å². The molecule has 2 N–H and O–H groups in total. The van der Waals surface area contributed by atoms with Gasteiger partial charge < -0.3 is 10.5 Å². The molecule has 1 atom stereocenters. The molecule has 0 radical (unpaired) electrons. The lowest BCUT2D eigenvalue weighted by molar-refractivity contribution is 0.407. The summed E-state index contributed by atoms with van der Waals surface area (Å²) < 4.78 is 19.9. The summed E-state index contributed by atoms with van der Waals surface area (Å²) in [5.74, 6) is 0.0999. The van der Waals surface area contributed by atoms with Crippen molar-refractivity contribution >= 4 is 27.5 Å². The summed E-state index contributed by atoms with van der Waals surface area (Å²) in [7, 11) is 1.55. The molecule has 2 aromatic rings. The van der Waals surface area contributed by atoms with E-state index in [2.05, 4.69) is 15.9 Å². The maximum absolute atomic E-state index is 14.2. The lowest BCUT2D eigenvalue weighted by Gasteiger charge is -2.17. The quantitative estimate of drug-likeness (QED) is 0.843. The second kappa shape index (κ2) is 5.90. The van der Waals surface area contributed by atoms with Crippen LogP contribution in [0.1, 0.15) is 17.2 Å². The molecule has 0 aliphatic rings. The Kier molecular flexibility index (Phi) is 4.45. The third kappa shape index (κ3) is 2.76. The Bertz CT molecular complexity index is 606. The largest absolute Gasteiger partial charge is 0.496 e. The summed E-state index contributed by atoms with van der Waals surface area (Å²) in [5, 5.41) is 0.0304. The number of para-hydroxylation sites is 1. The van der Waals surface area contributed by atoms with Crippen molar-refractivity contribution in [1.29, 1.82) is 0 Å². The molecule has 2 aromatic carbocycles. The van der Waals surface area contributed by atoms with E-state index in [0.717, 1.165) is 0 Å². The lowest BCUT2D eigenvalue weighted by atomic mass is 9.98. The molecule has 5 heteroatoms. The van der Waals surface area contributed by atoms with E-state index in [4.69, 9.17) is 22.1 Å². The van der Waals surface area contributed by atoms with Crippen molar-refractivity contribution in [3.63, 3.8) is 0 Å². The molecule has 0 aliphatic carbocycles. The van der Waals surface area contributed by atoms with Crippen molar-refractivity contribution in [2.24, 2.45) is 5.73 Å². The maximum atomic E-state index is 14.2. The van der Waals surface area contributed by atoms with E-state index in [9.17, 15) is 4.39 Å². The van der Waals surface area contributed by atoms with Crippen molar-refractivity contribution in [2.45, 2.75) is 6.04 Å². The fourth-order valence-electron chi connectivity index (χ4n) is 1.87. The van der Waals surface area contributed by atoms with Gasteiger partial charge in [-0.2, -0.15) is 0 Å². The molecule has 1 unspecified atom stereocenters. The Morgan fingerprint density at radius 1 is 1.21 bits per heavy atom. The zero-order chi connectivity index (χ0) is 14.0. The first-order valence-electron chi connectivity index (χ1n) is 5.58. The molecule has 19 heavy (non-hydrogen) atoms. The molecule has 0 saturated heterocycles. The predicted octanol–water partition coefficient (Wildman–Crippen LogP) is 4.30. The van der Waals surface area contributed by atoms with Crippen LogP contribution in [-0.2, 0) is 0 Å². The molecule has 0 spiro atoms. The highest BCUT2D eigenvalue weighted by molar-refractivity contribution is 9.10. The molecule has 0 bridgehead atoms. The first-order valence-corrected chi connectivity index (χ1v) is 6.75. The molecule has 0 aromatic heterocycles. The van der Waals surface area contributed by atoms with Crippen LogP contribution in [0.3, 0.4) is 0 Å². The Balaban J connectivity index is 2.50. The number of halogens is 3. The molecule has 2 nitrogen and oxygen atoms in total. The minimum atomic E-state index is -0.637. The van der Waals surface area contributed by atoms with E-state index < -0.39 is 11.9 Å². The Hall–Kier alpha value is -1.10. The number of nitrogens with two attached hydrogens (primary N) is 1. The molecular weight excluding hydrogens is 333 g/mol. The standard InChI is InChI=1S/C14H12BrClFNO/c1-19-11-5-3-2-4-8(11)14(18)9-6-7-10(15)12(16)13(9)17/h2-7,14H,18H2,1H3. The summed E-state index contributed by atoms with van der Waals surface area (Å²) in [5.41, 5.74) is 7.16. The van der Waals surface area contributed by atoms with Crippen molar-refractivity contribution < 1.29 is 9.13 Å². The first-order chi connectivity index (χ1) is 9.06. The van der Waals surface area contributed by atoms with E-state index in [1.807, 2.05) is 12.1 Å². The zero-order valence-electron chi connectivity index (χ0n) is 10.2. The first kappa shape index (κ1) is 14.3. The summed E-state index contributed by atoms with van der Waals surface area (Å²) in [4.78, 5) is 0. The van der Waals surface area contributed by atoms with Gasteiger partial charge in [-0.15, -0.1) is 0 Å². The molecule has 0 heterocycles. The third-order valence-electron chi connectivity index (χ3n) is 2.87. The smallest absolute Gasteiger partial charge is 0.148 e. The van der Waals surface area contributed by atoms with Gasteiger partial charge in [-0.1, -0.05) is 35.9 Å². The molecule has 2 rings (SSSR count). The van der Waals surface area contributed by atoms with Crippen molar-refractivity contribution in [2.75, 3.05) is 7.11 Å². The number of benzene rings is 2. The minimum Gasteiger partial charge on any atom is -0.496 e. The molecule has 0 amide bonds. The third-order valence-corrected chi connectivity index (χ3v) is 4.13. The van der Waals surface area contributed by atoms with E-state index in [1.165, 1.54) is 0 Å². The molecular formula is C14H12BrClFNO. The van der Waals surface area contributed by atoms with Gasteiger partial charge in [0.15, 0.2) is 0 Å². The van der Waals surface area contributed by atoms with Crippen molar-refractivity contribution in [3.8, 4) is 5.75 Å². The van der Waals surface area contributed by atoms with Crippen LogP contribution in [0, 0.1) is 5.82 Å². The summed E-state index contributed by atoms with van der Waals surface area (Å²) >= 11 is 9.06. The average molecular weight is 345 g/mol. The maximum Gasteiger partial charge on any atom is 0.148 e. The highest BCUT2D eigenvalue weighted by Crippen LogP contribution is 2.34. The van der Waals surface area contributed by atoms with Gasteiger partial charge in [0.2, 0.25) is 0 Å². The van der Waals surface area contributed by atoms with Crippen LogP contribution in [0.15, 0.2) is 40.9 Å². The van der Waals surface area contributed by atoms with Gasteiger partial charge in [-0.25, -0.2) is 4.39 Å². The zero-order valence-corrected chi connectivity index (χ0v) is 12.5. The number of hydrogen-bond donors (Lipinski definition) is 1. The predicted molar refractivity (Wildman–Crippen MR) is 78.1 cm³/mol. The van der Waals surface area contributed by atoms with Gasteiger partial charge in [-0.05, 0) is 28.1 Å². The summed E-state index contributed by atoms with van der Waals surface area (Å²) in [6, 6.07) is 9.91. The van der Waals surface area contributed by atoms with Gasteiger partial charge in [0, 0.05) is 15.6 Å². The normalized spacial score (nSPS) is 12.3. The van der Waals surface area contributed by atoms with Crippen molar-refractivity contribution in [3.05, 3.63) is 62.8 Å². The van der Waals surface area contributed by atoms with Gasteiger partial charge in [-0.3, -0.25) is 0 Å². The van der Waals surface area contributed by atoms with Crippen LogP contribution in [0.4, 0.5) is 4.39 Å². The monoisotopic (exact) mass is 343 g/mol. The fraction of sp³-hybridized carbons (Fsp3) is 0.143. The fourth-order valence-corrected chi connectivity index (χ4v) is 2.35. The highest BCUT2D eigenvalue weighted by atomic mass is 79.9. The minimum absolute atomic E-state index is 0.0304. The van der Waals surface area contributed by atoms with Crippen LogP contribution in [-0.4, -0.2) is 7.11 Å². The number of rotatable bonds is 3. The lowest BCUT2D eigenvalue weighted by Crippen LogP contribution is -2.15. The van der Waals surface area contributed by atoms with E-state index in [-0.39, 0.29) is 5.02 Å². The second-order valence-corrected chi connectivity index (χ2v) is 5.22. The van der Waals surface area contributed by atoms with E-state index >= 15 is 0 Å².